The van der Waals surface area contributed by atoms with Gasteiger partial charge in [0.25, 0.3) is 5.91 Å². The molecule has 0 radical (unpaired) electrons. The van der Waals surface area contributed by atoms with Crippen molar-refractivity contribution in [2.45, 2.75) is 6.42 Å². The van der Waals surface area contributed by atoms with E-state index in [4.69, 9.17) is 9.47 Å². The normalized spacial score (nSPS) is 14.1. The second-order valence-electron chi connectivity index (χ2n) is 6.49. The van der Waals surface area contributed by atoms with Crippen LogP contribution in [0.15, 0.2) is 60.9 Å². The number of aromatic nitrogens is 1. The maximum Gasteiger partial charge on any atom is 0.259 e. The fourth-order valence-electron chi connectivity index (χ4n) is 3.47. The standard InChI is InChI=1S/C21H17N3O3/c25-21(24-8-7-14-3-1-2-4-18(14)24)15-9-17(12-22-11-15)23-16-5-6-19-20(10-16)27-13-26-19/h1-6,9-12,23H,7-8,13H2. The van der Waals surface area contributed by atoms with Crippen molar-refractivity contribution in [2.75, 3.05) is 23.6 Å². The number of rotatable bonds is 3. The van der Waals surface area contributed by atoms with Crippen LogP contribution in [0, 0.1) is 0 Å². The highest BCUT2D eigenvalue weighted by Gasteiger charge is 2.25. The predicted octanol–water partition coefficient (Wildman–Crippen LogP) is 3.76. The first kappa shape index (κ1) is 15.7. The molecule has 6 nitrogen and oxygen atoms in total. The molecular formula is C21H17N3O3. The van der Waals surface area contributed by atoms with Crippen LogP contribution in [0.5, 0.6) is 11.5 Å². The number of para-hydroxylation sites is 1. The second-order valence-corrected chi connectivity index (χ2v) is 6.49. The van der Waals surface area contributed by atoms with Gasteiger partial charge in [-0.25, -0.2) is 0 Å². The number of ether oxygens (including phenoxy) is 2. The maximum atomic E-state index is 13.0. The number of carbonyl (C=O) groups is 1. The number of amides is 1. The van der Waals surface area contributed by atoms with Crippen LogP contribution in [0.1, 0.15) is 15.9 Å². The van der Waals surface area contributed by atoms with Gasteiger partial charge in [0.05, 0.1) is 17.4 Å². The number of benzene rings is 2. The molecular weight excluding hydrogens is 342 g/mol. The van der Waals surface area contributed by atoms with Crippen molar-refractivity contribution in [3.8, 4) is 11.5 Å². The third-order valence-electron chi connectivity index (χ3n) is 4.78. The van der Waals surface area contributed by atoms with Crippen molar-refractivity contribution in [3.63, 3.8) is 0 Å². The minimum absolute atomic E-state index is 0.0400. The summed E-state index contributed by atoms with van der Waals surface area (Å²) in [7, 11) is 0. The zero-order chi connectivity index (χ0) is 18.2. The Hall–Kier alpha value is -3.54. The smallest absolute Gasteiger partial charge is 0.259 e. The lowest BCUT2D eigenvalue weighted by Gasteiger charge is -2.17. The average Bonchev–Trinajstić information content (AvgIpc) is 3.34. The van der Waals surface area contributed by atoms with E-state index in [9.17, 15) is 4.79 Å². The Morgan fingerprint density at radius 2 is 1.89 bits per heavy atom. The third kappa shape index (κ3) is 2.85. The Balaban J connectivity index is 1.39. The summed E-state index contributed by atoms with van der Waals surface area (Å²) in [5.41, 5.74) is 4.33. The first-order chi connectivity index (χ1) is 13.3. The zero-order valence-electron chi connectivity index (χ0n) is 14.5. The summed E-state index contributed by atoms with van der Waals surface area (Å²) in [6.07, 6.45) is 4.18. The molecule has 0 atom stereocenters. The fraction of sp³-hybridized carbons (Fsp3) is 0.143. The Morgan fingerprint density at radius 3 is 2.85 bits per heavy atom. The van der Waals surface area contributed by atoms with Gasteiger partial charge in [-0.2, -0.15) is 0 Å². The van der Waals surface area contributed by atoms with Gasteiger partial charge < -0.3 is 19.7 Å². The minimum atomic E-state index is -0.0400. The Bertz CT molecular complexity index is 1030. The topological polar surface area (TPSA) is 63.7 Å². The molecule has 134 valence electrons. The van der Waals surface area contributed by atoms with Crippen LogP contribution in [0.25, 0.3) is 0 Å². The number of nitrogens with one attached hydrogen (secondary N) is 1. The van der Waals surface area contributed by atoms with Gasteiger partial charge in [-0.3, -0.25) is 9.78 Å². The molecule has 0 saturated heterocycles. The molecule has 0 spiro atoms. The van der Waals surface area contributed by atoms with Crippen molar-refractivity contribution < 1.29 is 14.3 Å². The number of nitrogens with zero attached hydrogens (tertiary/aromatic N) is 2. The van der Waals surface area contributed by atoms with Gasteiger partial charge in [-0.15, -0.1) is 0 Å². The number of fused-ring (bicyclic) bond motifs is 2. The van der Waals surface area contributed by atoms with Crippen LogP contribution in [-0.2, 0) is 6.42 Å². The molecule has 0 fully saturated rings. The van der Waals surface area contributed by atoms with Gasteiger partial charge in [0, 0.05) is 30.2 Å². The summed E-state index contributed by atoms with van der Waals surface area (Å²) in [6, 6.07) is 15.5. The highest BCUT2D eigenvalue weighted by Crippen LogP contribution is 2.35. The fourth-order valence-corrected chi connectivity index (χ4v) is 3.47. The van der Waals surface area contributed by atoms with Gasteiger partial charge in [0.15, 0.2) is 11.5 Å². The molecule has 3 heterocycles. The van der Waals surface area contributed by atoms with E-state index >= 15 is 0 Å². The van der Waals surface area contributed by atoms with Crippen molar-refractivity contribution >= 4 is 23.0 Å². The first-order valence-electron chi connectivity index (χ1n) is 8.79. The van der Waals surface area contributed by atoms with E-state index in [0.29, 0.717) is 17.9 Å². The predicted molar refractivity (Wildman–Crippen MR) is 102 cm³/mol. The van der Waals surface area contributed by atoms with Gasteiger partial charge in [0.1, 0.15) is 0 Å². The number of carbonyl (C=O) groups excluding carboxylic acids is 1. The summed E-state index contributed by atoms with van der Waals surface area (Å²) in [4.78, 5) is 19.0. The molecule has 2 aliphatic heterocycles. The summed E-state index contributed by atoms with van der Waals surface area (Å²) < 4.78 is 10.7. The van der Waals surface area contributed by atoms with E-state index in [1.54, 1.807) is 12.4 Å². The largest absolute Gasteiger partial charge is 0.454 e. The number of hydrogen-bond acceptors (Lipinski definition) is 5. The van der Waals surface area contributed by atoms with Crippen LogP contribution >= 0.6 is 0 Å². The average molecular weight is 359 g/mol. The highest BCUT2D eigenvalue weighted by molar-refractivity contribution is 6.07. The van der Waals surface area contributed by atoms with E-state index in [-0.39, 0.29) is 12.7 Å². The number of hydrogen-bond donors (Lipinski definition) is 1. The van der Waals surface area contributed by atoms with E-state index in [2.05, 4.69) is 16.4 Å². The monoisotopic (exact) mass is 359 g/mol. The third-order valence-corrected chi connectivity index (χ3v) is 4.78. The van der Waals surface area contributed by atoms with E-state index in [1.807, 2.05) is 47.4 Å². The molecule has 3 aromatic rings. The molecule has 2 aromatic carbocycles. The molecule has 1 N–H and O–H groups in total. The second kappa shape index (κ2) is 6.32. The maximum absolute atomic E-state index is 13.0. The molecule has 6 heteroatoms. The lowest BCUT2D eigenvalue weighted by atomic mass is 10.2. The molecule has 1 amide bonds. The molecule has 5 rings (SSSR count). The molecule has 2 aliphatic rings. The molecule has 0 saturated carbocycles. The van der Waals surface area contributed by atoms with Crippen molar-refractivity contribution in [1.29, 1.82) is 0 Å². The van der Waals surface area contributed by atoms with E-state index in [0.717, 1.165) is 29.2 Å². The number of anilines is 3. The van der Waals surface area contributed by atoms with Crippen molar-refractivity contribution in [1.82, 2.24) is 4.98 Å². The summed E-state index contributed by atoms with van der Waals surface area (Å²) >= 11 is 0. The Morgan fingerprint density at radius 1 is 1.00 bits per heavy atom. The van der Waals surface area contributed by atoms with E-state index in [1.165, 1.54) is 5.56 Å². The van der Waals surface area contributed by atoms with Crippen LogP contribution in [-0.4, -0.2) is 24.2 Å². The van der Waals surface area contributed by atoms with Crippen LogP contribution < -0.4 is 19.7 Å². The Kier molecular flexibility index (Phi) is 3.67. The van der Waals surface area contributed by atoms with Crippen LogP contribution in [0.3, 0.4) is 0 Å². The SMILES string of the molecule is O=C(c1cncc(Nc2ccc3c(c2)OCO3)c1)N1CCc2ccccc21. The molecule has 0 aliphatic carbocycles. The molecule has 27 heavy (non-hydrogen) atoms. The van der Waals surface area contributed by atoms with Gasteiger partial charge in [-0.1, -0.05) is 18.2 Å². The number of pyridine rings is 1. The van der Waals surface area contributed by atoms with Gasteiger partial charge >= 0.3 is 0 Å². The van der Waals surface area contributed by atoms with Crippen LogP contribution in [0.4, 0.5) is 17.1 Å². The molecule has 0 bridgehead atoms. The summed E-state index contributed by atoms with van der Waals surface area (Å²) in [6.45, 7) is 0.930. The van der Waals surface area contributed by atoms with Crippen LogP contribution in [0.2, 0.25) is 0 Å². The lowest BCUT2D eigenvalue weighted by Crippen LogP contribution is -2.29. The quantitative estimate of drug-likeness (QED) is 0.771. The van der Waals surface area contributed by atoms with E-state index < -0.39 is 0 Å². The zero-order valence-corrected chi connectivity index (χ0v) is 14.5. The van der Waals surface area contributed by atoms with Gasteiger partial charge in [-0.05, 0) is 36.2 Å². The Labute approximate surface area is 156 Å². The summed E-state index contributed by atoms with van der Waals surface area (Å²) in [5.74, 6) is 1.39. The van der Waals surface area contributed by atoms with Crippen molar-refractivity contribution in [3.05, 3.63) is 72.1 Å². The first-order valence-corrected chi connectivity index (χ1v) is 8.79. The lowest BCUT2D eigenvalue weighted by molar-refractivity contribution is 0.0989. The van der Waals surface area contributed by atoms with Gasteiger partial charge in [0.2, 0.25) is 6.79 Å². The molecule has 1 aromatic heterocycles. The molecule has 0 unspecified atom stereocenters. The minimum Gasteiger partial charge on any atom is -0.454 e. The summed E-state index contributed by atoms with van der Waals surface area (Å²) in [5, 5.41) is 3.27. The van der Waals surface area contributed by atoms with Crippen molar-refractivity contribution in [2.24, 2.45) is 0 Å². The highest BCUT2D eigenvalue weighted by atomic mass is 16.7.